The van der Waals surface area contributed by atoms with Gasteiger partial charge in [0.1, 0.15) is 6.04 Å². The molecule has 0 radical (unpaired) electrons. The van der Waals surface area contributed by atoms with E-state index < -0.39 is 5.97 Å². The van der Waals surface area contributed by atoms with E-state index in [1.807, 2.05) is 0 Å². The number of rotatable bonds is 6. The van der Waals surface area contributed by atoms with Gasteiger partial charge in [-0.05, 0) is 38.3 Å². The van der Waals surface area contributed by atoms with E-state index in [-0.39, 0.29) is 6.04 Å². The van der Waals surface area contributed by atoms with Gasteiger partial charge < -0.3 is 15.7 Å². The van der Waals surface area contributed by atoms with Crippen molar-refractivity contribution < 1.29 is 9.90 Å². The van der Waals surface area contributed by atoms with E-state index in [1.165, 1.54) is 0 Å². The molecule has 15 heavy (non-hydrogen) atoms. The first-order chi connectivity index (χ1) is 7.09. The third kappa shape index (κ3) is 4.62. The summed E-state index contributed by atoms with van der Waals surface area (Å²) in [6.07, 6.45) is 2.78. The average molecular weight is 214 g/mol. The second-order valence-corrected chi connectivity index (χ2v) is 4.72. The Hall–Kier alpha value is -0.610. The molecule has 4 nitrogen and oxygen atoms in total. The van der Waals surface area contributed by atoms with Gasteiger partial charge in [0.2, 0.25) is 0 Å². The van der Waals surface area contributed by atoms with Crippen LogP contribution in [0.3, 0.4) is 0 Å². The third-order valence-corrected chi connectivity index (χ3v) is 2.76. The van der Waals surface area contributed by atoms with Crippen LogP contribution in [0.25, 0.3) is 0 Å². The Balaban J connectivity index is 2.06. The van der Waals surface area contributed by atoms with Crippen LogP contribution in [0.2, 0.25) is 0 Å². The van der Waals surface area contributed by atoms with Gasteiger partial charge in [-0.1, -0.05) is 13.8 Å². The third-order valence-electron chi connectivity index (χ3n) is 2.76. The van der Waals surface area contributed by atoms with Crippen molar-refractivity contribution >= 4 is 5.97 Å². The van der Waals surface area contributed by atoms with Gasteiger partial charge in [0.15, 0.2) is 0 Å². The Morgan fingerprint density at radius 2 is 2.27 bits per heavy atom. The first-order valence-corrected chi connectivity index (χ1v) is 5.79. The van der Waals surface area contributed by atoms with Crippen molar-refractivity contribution in [3.8, 4) is 0 Å². The zero-order chi connectivity index (χ0) is 11.3. The van der Waals surface area contributed by atoms with Crippen molar-refractivity contribution in [2.75, 3.05) is 13.1 Å². The number of carboxylic acid groups (broad SMARTS) is 1. The predicted octanol–water partition coefficient (Wildman–Crippen LogP) is 0.827. The van der Waals surface area contributed by atoms with Crippen molar-refractivity contribution in [1.29, 1.82) is 0 Å². The molecule has 0 bridgehead atoms. The molecule has 0 amide bonds. The molecule has 0 aromatic rings. The van der Waals surface area contributed by atoms with Crippen LogP contribution in [-0.2, 0) is 4.79 Å². The highest BCUT2D eigenvalue weighted by Crippen LogP contribution is 2.14. The van der Waals surface area contributed by atoms with Crippen LogP contribution in [0.1, 0.15) is 33.1 Å². The van der Waals surface area contributed by atoms with Gasteiger partial charge in [0.25, 0.3) is 0 Å². The molecule has 0 aromatic heterocycles. The Kier molecular flexibility index (Phi) is 5.05. The van der Waals surface area contributed by atoms with Gasteiger partial charge in [-0.15, -0.1) is 0 Å². The molecule has 3 N–H and O–H groups in total. The summed E-state index contributed by atoms with van der Waals surface area (Å²) < 4.78 is 0. The van der Waals surface area contributed by atoms with Crippen molar-refractivity contribution in [2.45, 2.75) is 45.2 Å². The van der Waals surface area contributed by atoms with Crippen LogP contribution >= 0.6 is 0 Å². The number of carbonyl (C=O) groups is 1. The van der Waals surface area contributed by atoms with Crippen LogP contribution in [0.15, 0.2) is 0 Å². The maximum atomic E-state index is 10.7. The van der Waals surface area contributed by atoms with E-state index in [1.54, 1.807) is 0 Å². The van der Waals surface area contributed by atoms with Gasteiger partial charge in [-0.3, -0.25) is 4.79 Å². The van der Waals surface area contributed by atoms with E-state index in [0.717, 1.165) is 32.4 Å². The van der Waals surface area contributed by atoms with E-state index in [0.29, 0.717) is 12.0 Å². The number of carboxylic acids is 1. The van der Waals surface area contributed by atoms with Gasteiger partial charge in [-0.25, -0.2) is 0 Å². The van der Waals surface area contributed by atoms with Crippen molar-refractivity contribution in [1.82, 2.24) is 10.6 Å². The lowest BCUT2D eigenvalue weighted by Gasteiger charge is -2.13. The highest BCUT2D eigenvalue weighted by Gasteiger charge is 2.27. The number of nitrogens with one attached hydrogen (secondary N) is 2. The molecule has 1 fully saturated rings. The molecule has 1 saturated heterocycles. The van der Waals surface area contributed by atoms with E-state index in [9.17, 15) is 4.79 Å². The zero-order valence-corrected chi connectivity index (χ0v) is 9.62. The molecule has 0 aromatic carbocycles. The molecule has 1 heterocycles. The largest absolute Gasteiger partial charge is 0.480 e. The monoisotopic (exact) mass is 214 g/mol. The Bertz CT molecular complexity index is 207. The molecule has 1 aliphatic heterocycles. The lowest BCUT2D eigenvalue weighted by Crippen LogP contribution is -2.37. The summed E-state index contributed by atoms with van der Waals surface area (Å²) in [7, 11) is 0. The lowest BCUT2D eigenvalue weighted by molar-refractivity contribution is -0.139. The topological polar surface area (TPSA) is 61.4 Å². The number of hydrogen-bond donors (Lipinski definition) is 3. The van der Waals surface area contributed by atoms with Crippen LogP contribution in [0.4, 0.5) is 0 Å². The summed E-state index contributed by atoms with van der Waals surface area (Å²) >= 11 is 0. The summed E-state index contributed by atoms with van der Waals surface area (Å²) in [6, 6.07) is 0.0610. The fourth-order valence-electron chi connectivity index (χ4n) is 1.91. The number of hydrogen-bond acceptors (Lipinski definition) is 3. The molecular formula is C11H22N2O2. The average Bonchev–Trinajstić information content (AvgIpc) is 2.60. The van der Waals surface area contributed by atoms with Crippen LogP contribution in [0, 0.1) is 5.92 Å². The van der Waals surface area contributed by atoms with E-state index in [2.05, 4.69) is 24.5 Å². The van der Waals surface area contributed by atoms with E-state index >= 15 is 0 Å². The maximum absolute atomic E-state index is 10.7. The fraction of sp³-hybridized carbons (Fsp3) is 0.909. The van der Waals surface area contributed by atoms with Gasteiger partial charge in [-0.2, -0.15) is 0 Å². The Labute approximate surface area is 91.4 Å². The minimum atomic E-state index is -0.715. The lowest BCUT2D eigenvalue weighted by atomic mass is 10.1. The quantitative estimate of drug-likeness (QED) is 0.573. The minimum Gasteiger partial charge on any atom is -0.480 e. The van der Waals surface area contributed by atoms with Crippen molar-refractivity contribution in [3.63, 3.8) is 0 Å². The first kappa shape index (κ1) is 12.5. The summed E-state index contributed by atoms with van der Waals surface area (Å²) in [5.74, 6) is -0.0408. The van der Waals surface area contributed by atoms with Gasteiger partial charge >= 0.3 is 5.97 Å². The standard InChI is InChI=1S/C11H22N2O2/c1-8(2)7-12-6-5-9-3-4-10(13-9)11(14)15/h8-10,12-13H,3-7H2,1-2H3,(H,14,15). The smallest absolute Gasteiger partial charge is 0.320 e. The minimum absolute atomic E-state index is 0.319. The molecule has 88 valence electrons. The zero-order valence-electron chi connectivity index (χ0n) is 9.62. The molecule has 4 heteroatoms. The molecule has 0 saturated carbocycles. The Morgan fingerprint density at radius 3 is 2.80 bits per heavy atom. The second kappa shape index (κ2) is 6.08. The van der Waals surface area contributed by atoms with Crippen LogP contribution in [-0.4, -0.2) is 36.2 Å². The molecule has 0 spiro atoms. The fourth-order valence-corrected chi connectivity index (χ4v) is 1.91. The molecule has 1 aliphatic rings. The van der Waals surface area contributed by atoms with Gasteiger partial charge in [0, 0.05) is 6.04 Å². The molecule has 2 unspecified atom stereocenters. The summed E-state index contributed by atoms with van der Waals surface area (Å²) in [6.45, 7) is 6.37. The SMILES string of the molecule is CC(C)CNCCC1CCC(C(=O)O)N1. The van der Waals surface area contributed by atoms with Gasteiger partial charge in [0.05, 0.1) is 0 Å². The first-order valence-electron chi connectivity index (χ1n) is 5.79. The molecular weight excluding hydrogens is 192 g/mol. The summed E-state index contributed by atoms with van der Waals surface area (Å²) in [5.41, 5.74) is 0. The Morgan fingerprint density at radius 1 is 1.53 bits per heavy atom. The van der Waals surface area contributed by atoms with Crippen molar-refractivity contribution in [3.05, 3.63) is 0 Å². The number of aliphatic carboxylic acids is 1. The molecule has 2 atom stereocenters. The second-order valence-electron chi connectivity index (χ2n) is 4.72. The van der Waals surface area contributed by atoms with E-state index in [4.69, 9.17) is 5.11 Å². The molecule has 1 rings (SSSR count). The van der Waals surface area contributed by atoms with Crippen molar-refractivity contribution in [2.24, 2.45) is 5.92 Å². The predicted molar refractivity (Wildman–Crippen MR) is 59.9 cm³/mol. The highest BCUT2D eigenvalue weighted by molar-refractivity contribution is 5.73. The maximum Gasteiger partial charge on any atom is 0.320 e. The van der Waals surface area contributed by atoms with Crippen LogP contribution < -0.4 is 10.6 Å². The highest BCUT2D eigenvalue weighted by atomic mass is 16.4. The molecule has 0 aliphatic carbocycles. The summed E-state index contributed by atoms with van der Waals surface area (Å²) in [4.78, 5) is 10.7. The summed E-state index contributed by atoms with van der Waals surface area (Å²) in [5, 5.41) is 15.3. The van der Waals surface area contributed by atoms with Crippen LogP contribution in [0.5, 0.6) is 0 Å². The normalized spacial score (nSPS) is 26.1.